The highest BCUT2D eigenvalue weighted by atomic mass is 32.1. The summed E-state index contributed by atoms with van der Waals surface area (Å²) in [6.07, 6.45) is 1.19. The molecule has 5 heteroatoms. The monoisotopic (exact) mass is 316 g/mol. The van der Waals surface area contributed by atoms with Crippen LogP contribution in [0.3, 0.4) is 0 Å². The number of likely N-dealkylation sites (tertiary alicyclic amines) is 1. The first kappa shape index (κ1) is 15.4. The minimum absolute atomic E-state index is 0.540. The van der Waals surface area contributed by atoms with Crippen LogP contribution in [0.4, 0.5) is 5.69 Å². The van der Waals surface area contributed by atoms with Gasteiger partial charge >= 0.3 is 0 Å². The molecule has 4 nitrogen and oxygen atoms in total. The molecule has 0 aliphatic carbocycles. The van der Waals surface area contributed by atoms with Crippen molar-refractivity contribution in [2.75, 3.05) is 32.1 Å². The van der Waals surface area contributed by atoms with E-state index in [-0.39, 0.29) is 0 Å². The third-order valence-electron chi connectivity index (χ3n) is 4.22. The lowest BCUT2D eigenvalue weighted by molar-refractivity contribution is 0.323. The summed E-state index contributed by atoms with van der Waals surface area (Å²) in [4.78, 5) is 14.0. The van der Waals surface area contributed by atoms with Gasteiger partial charge in [0.05, 0.1) is 10.7 Å². The van der Waals surface area contributed by atoms with E-state index < -0.39 is 0 Å². The molecule has 2 aromatic rings. The molecule has 1 fully saturated rings. The smallest absolute Gasteiger partial charge is 0.0897 e. The molecular weight excluding hydrogens is 292 g/mol. The second-order valence-corrected chi connectivity index (χ2v) is 7.43. The van der Waals surface area contributed by atoms with Crippen molar-refractivity contribution in [1.29, 1.82) is 0 Å². The number of anilines is 1. The van der Waals surface area contributed by atoms with Crippen LogP contribution in [-0.4, -0.2) is 42.1 Å². The molecule has 3 heterocycles. The van der Waals surface area contributed by atoms with Gasteiger partial charge < -0.3 is 4.90 Å². The van der Waals surface area contributed by atoms with Gasteiger partial charge in [0.15, 0.2) is 0 Å². The summed E-state index contributed by atoms with van der Waals surface area (Å²) in [6, 6.07) is 4.39. The van der Waals surface area contributed by atoms with Crippen LogP contribution in [0.15, 0.2) is 17.5 Å². The maximum atomic E-state index is 4.78. The van der Waals surface area contributed by atoms with Gasteiger partial charge in [0.1, 0.15) is 0 Å². The highest BCUT2D eigenvalue weighted by molar-refractivity contribution is 7.09. The summed E-state index contributed by atoms with van der Waals surface area (Å²) in [6.45, 7) is 7.34. The van der Waals surface area contributed by atoms with Gasteiger partial charge in [-0.25, -0.2) is 4.98 Å². The van der Waals surface area contributed by atoms with Crippen LogP contribution in [0, 0.1) is 13.8 Å². The Labute approximate surface area is 136 Å². The first-order chi connectivity index (χ1) is 10.5. The molecule has 0 bridgehead atoms. The summed E-state index contributed by atoms with van der Waals surface area (Å²) >= 11 is 1.74. The quantitative estimate of drug-likeness (QED) is 0.867. The normalized spacial score (nSPS) is 18.8. The fourth-order valence-corrected chi connectivity index (χ4v) is 3.67. The Balaban J connectivity index is 1.69. The Morgan fingerprint density at radius 1 is 1.27 bits per heavy atom. The van der Waals surface area contributed by atoms with Crippen molar-refractivity contribution in [2.24, 2.45) is 0 Å². The van der Waals surface area contributed by atoms with Crippen LogP contribution in [0.2, 0.25) is 0 Å². The molecule has 3 rings (SSSR count). The number of rotatable bonds is 4. The number of hydrogen-bond donors (Lipinski definition) is 0. The minimum Gasteiger partial charge on any atom is -0.378 e. The molecule has 0 aromatic carbocycles. The van der Waals surface area contributed by atoms with E-state index in [1.807, 2.05) is 0 Å². The SMILES string of the molecule is Cc1cc(N(C)C)cc([C@@H]2CCN(Cc3csc(C)n3)C2)n1. The molecule has 0 spiro atoms. The van der Waals surface area contributed by atoms with Crippen LogP contribution >= 0.6 is 11.3 Å². The summed E-state index contributed by atoms with van der Waals surface area (Å²) in [7, 11) is 4.17. The number of aromatic nitrogens is 2. The summed E-state index contributed by atoms with van der Waals surface area (Å²) < 4.78 is 0. The molecule has 2 aromatic heterocycles. The first-order valence-electron chi connectivity index (χ1n) is 7.80. The number of nitrogens with zero attached hydrogens (tertiary/aromatic N) is 4. The van der Waals surface area contributed by atoms with Gasteiger partial charge in [0.25, 0.3) is 0 Å². The Morgan fingerprint density at radius 3 is 2.77 bits per heavy atom. The van der Waals surface area contributed by atoms with E-state index in [2.05, 4.69) is 60.2 Å². The average Bonchev–Trinajstić information content (AvgIpc) is 3.08. The standard InChI is InChI=1S/C17H24N4S/c1-12-7-16(20(3)4)8-17(18-12)14-5-6-21(9-14)10-15-11-22-13(2)19-15/h7-8,11,14H,5-6,9-10H2,1-4H3/t14-/m1/s1. The molecule has 1 aliphatic heterocycles. The van der Waals surface area contributed by atoms with Crippen molar-refractivity contribution < 1.29 is 0 Å². The Kier molecular flexibility index (Phi) is 4.45. The van der Waals surface area contributed by atoms with Crippen LogP contribution in [-0.2, 0) is 6.54 Å². The van der Waals surface area contributed by atoms with Gasteiger partial charge in [-0.05, 0) is 38.9 Å². The number of thiazole rings is 1. The van der Waals surface area contributed by atoms with Gasteiger partial charge in [0, 0.05) is 55.6 Å². The third kappa shape index (κ3) is 3.47. The third-order valence-corrected chi connectivity index (χ3v) is 5.04. The van der Waals surface area contributed by atoms with Crippen LogP contribution in [0.25, 0.3) is 0 Å². The fraction of sp³-hybridized carbons (Fsp3) is 0.529. The number of aryl methyl sites for hydroxylation is 2. The molecule has 0 saturated carbocycles. The lowest BCUT2D eigenvalue weighted by Crippen LogP contribution is -2.20. The molecule has 1 aliphatic rings. The summed E-state index contributed by atoms with van der Waals surface area (Å²) in [5.41, 5.74) is 4.79. The molecule has 1 saturated heterocycles. The van der Waals surface area contributed by atoms with Gasteiger partial charge in [0.2, 0.25) is 0 Å². The molecule has 0 unspecified atom stereocenters. The lowest BCUT2D eigenvalue weighted by Gasteiger charge is -2.18. The van der Waals surface area contributed by atoms with Gasteiger partial charge in [-0.15, -0.1) is 11.3 Å². The maximum absolute atomic E-state index is 4.78. The van der Waals surface area contributed by atoms with E-state index in [0.29, 0.717) is 5.92 Å². The van der Waals surface area contributed by atoms with E-state index in [4.69, 9.17) is 4.98 Å². The number of pyridine rings is 1. The summed E-state index contributed by atoms with van der Waals surface area (Å²) in [5, 5.41) is 3.33. The molecule has 118 valence electrons. The number of hydrogen-bond acceptors (Lipinski definition) is 5. The Bertz CT molecular complexity index is 650. The van der Waals surface area contributed by atoms with Crippen molar-refractivity contribution in [3.63, 3.8) is 0 Å². The zero-order valence-electron chi connectivity index (χ0n) is 13.8. The highest BCUT2D eigenvalue weighted by Gasteiger charge is 2.25. The average molecular weight is 316 g/mol. The molecule has 0 radical (unpaired) electrons. The van der Waals surface area contributed by atoms with Gasteiger partial charge in [-0.3, -0.25) is 9.88 Å². The van der Waals surface area contributed by atoms with E-state index in [1.165, 1.54) is 23.5 Å². The second kappa shape index (κ2) is 6.34. The minimum atomic E-state index is 0.540. The van der Waals surface area contributed by atoms with Gasteiger partial charge in [-0.1, -0.05) is 0 Å². The van der Waals surface area contributed by atoms with Crippen LogP contribution < -0.4 is 4.90 Å². The largest absolute Gasteiger partial charge is 0.378 e. The van der Waals surface area contributed by atoms with E-state index in [1.54, 1.807) is 11.3 Å². The van der Waals surface area contributed by atoms with Crippen molar-refractivity contribution in [1.82, 2.24) is 14.9 Å². The van der Waals surface area contributed by atoms with Crippen molar-refractivity contribution >= 4 is 17.0 Å². The highest BCUT2D eigenvalue weighted by Crippen LogP contribution is 2.29. The molecule has 0 amide bonds. The van der Waals surface area contributed by atoms with Crippen molar-refractivity contribution in [3.05, 3.63) is 39.6 Å². The lowest BCUT2D eigenvalue weighted by atomic mass is 10.0. The zero-order valence-corrected chi connectivity index (χ0v) is 14.7. The molecular formula is C17H24N4S. The molecule has 0 N–H and O–H groups in total. The first-order valence-corrected chi connectivity index (χ1v) is 8.68. The zero-order chi connectivity index (χ0) is 15.7. The molecule has 1 atom stereocenters. The van der Waals surface area contributed by atoms with E-state index >= 15 is 0 Å². The van der Waals surface area contributed by atoms with E-state index in [0.717, 1.165) is 30.3 Å². The Morgan fingerprint density at radius 2 is 2.09 bits per heavy atom. The molecule has 22 heavy (non-hydrogen) atoms. The van der Waals surface area contributed by atoms with E-state index in [9.17, 15) is 0 Å². The van der Waals surface area contributed by atoms with Crippen LogP contribution in [0.1, 0.15) is 34.4 Å². The topological polar surface area (TPSA) is 32.3 Å². The van der Waals surface area contributed by atoms with Gasteiger partial charge in [-0.2, -0.15) is 0 Å². The predicted molar refractivity (Wildman–Crippen MR) is 92.8 cm³/mol. The summed E-state index contributed by atoms with van der Waals surface area (Å²) in [5.74, 6) is 0.540. The van der Waals surface area contributed by atoms with Crippen molar-refractivity contribution in [2.45, 2.75) is 32.7 Å². The van der Waals surface area contributed by atoms with Crippen molar-refractivity contribution in [3.8, 4) is 0 Å². The second-order valence-electron chi connectivity index (χ2n) is 6.36. The maximum Gasteiger partial charge on any atom is 0.0897 e. The fourth-order valence-electron chi connectivity index (χ4n) is 3.07. The predicted octanol–water partition coefficient (Wildman–Crippen LogP) is 3.21. The van der Waals surface area contributed by atoms with Crippen LogP contribution in [0.5, 0.6) is 0 Å². The Hall–Kier alpha value is -1.46.